The first-order valence-electron chi connectivity index (χ1n) is 8.01. The highest BCUT2D eigenvalue weighted by molar-refractivity contribution is 9.10. The topological polar surface area (TPSA) is 58.6 Å². The van der Waals surface area contributed by atoms with Crippen LogP contribution < -0.4 is 5.32 Å². The summed E-state index contributed by atoms with van der Waals surface area (Å²) in [7, 11) is 0. The molecule has 1 aromatic carbocycles. The van der Waals surface area contributed by atoms with E-state index in [9.17, 15) is 18.4 Å². The monoisotopic (exact) mass is 418 g/mol. The Hall–Kier alpha value is -1.70. The molecule has 1 heterocycles. The zero-order valence-electron chi connectivity index (χ0n) is 14.4. The van der Waals surface area contributed by atoms with Crippen molar-refractivity contribution in [2.75, 3.05) is 13.1 Å². The van der Waals surface area contributed by atoms with Gasteiger partial charge in [-0.15, -0.1) is 0 Å². The Balaban J connectivity index is 1.95. The number of hydrogen-bond acceptors (Lipinski definition) is 3. The normalized spacial score (nSPS) is 15.8. The summed E-state index contributed by atoms with van der Waals surface area (Å²) in [5.41, 5.74) is -1.15. The molecule has 1 fully saturated rings. The molecule has 0 saturated carbocycles. The van der Waals surface area contributed by atoms with E-state index in [0.717, 1.165) is 6.07 Å². The highest BCUT2D eigenvalue weighted by Gasteiger charge is 2.29. The lowest BCUT2D eigenvalue weighted by Gasteiger charge is -2.33. The molecular weight excluding hydrogens is 398 g/mol. The predicted octanol–water partition coefficient (Wildman–Crippen LogP) is 3.86. The first kappa shape index (κ1) is 19.6. The lowest BCUT2D eigenvalue weighted by atomic mass is 10.0. The largest absolute Gasteiger partial charge is 0.444 e. The number of hydrogen-bond donors (Lipinski definition) is 1. The fourth-order valence-corrected chi connectivity index (χ4v) is 2.91. The average Bonchev–Trinajstić information content (AvgIpc) is 2.50. The van der Waals surface area contributed by atoms with Gasteiger partial charge in [0.15, 0.2) is 5.82 Å². The number of nitrogens with zero attached hydrogens (tertiary/aromatic N) is 1. The number of benzene rings is 1. The number of amides is 2. The molecule has 1 N–H and O–H groups in total. The molecule has 0 unspecified atom stereocenters. The minimum Gasteiger partial charge on any atom is -0.444 e. The summed E-state index contributed by atoms with van der Waals surface area (Å²) in [6.45, 7) is 5.91. The smallest absolute Gasteiger partial charge is 0.407 e. The summed E-state index contributed by atoms with van der Waals surface area (Å²) in [5, 5.41) is 2.75. The van der Waals surface area contributed by atoms with Crippen molar-refractivity contribution in [1.82, 2.24) is 10.2 Å². The van der Waals surface area contributed by atoms with Crippen LogP contribution in [0.2, 0.25) is 0 Å². The highest BCUT2D eigenvalue weighted by atomic mass is 79.9. The fraction of sp³-hybridized carbons (Fsp3) is 0.529. The fourth-order valence-electron chi connectivity index (χ4n) is 2.58. The van der Waals surface area contributed by atoms with E-state index in [1.54, 1.807) is 20.8 Å². The number of rotatable bonds is 2. The lowest BCUT2D eigenvalue weighted by Crippen LogP contribution is -2.47. The predicted molar refractivity (Wildman–Crippen MR) is 92.4 cm³/mol. The van der Waals surface area contributed by atoms with Crippen LogP contribution in [0.4, 0.5) is 13.6 Å². The van der Waals surface area contributed by atoms with Gasteiger partial charge >= 0.3 is 6.09 Å². The second kappa shape index (κ2) is 7.68. The summed E-state index contributed by atoms with van der Waals surface area (Å²) in [5.74, 6) is -2.48. The Morgan fingerprint density at radius 1 is 1.24 bits per heavy atom. The van der Waals surface area contributed by atoms with Crippen molar-refractivity contribution >= 4 is 27.9 Å². The van der Waals surface area contributed by atoms with Gasteiger partial charge in [-0.05, 0) is 61.7 Å². The molecule has 0 bridgehead atoms. The van der Waals surface area contributed by atoms with Crippen molar-refractivity contribution in [3.05, 3.63) is 33.8 Å². The maximum absolute atomic E-state index is 14.1. The molecule has 1 saturated heterocycles. The van der Waals surface area contributed by atoms with Crippen LogP contribution in [-0.2, 0) is 4.74 Å². The minimum atomic E-state index is -0.904. The van der Waals surface area contributed by atoms with E-state index in [1.165, 1.54) is 11.0 Å². The van der Waals surface area contributed by atoms with E-state index < -0.39 is 34.8 Å². The van der Waals surface area contributed by atoms with Crippen LogP contribution in [0.15, 0.2) is 16.6 Å². The second-order valence-electron chi connectivity index (χ2n) is 6.93. The molecule has 2 rings (SSSR count). The summed E-state index contributed by atoms with van der Waals surface area (Å²) in [4.78, 5) is 25.6. The molecule has 5 nitrogen and oxygen atoms in total. The summed E-state index contributed by atoms with van der Waals surface area (Å²) in [6.07, 6.45) is 0.464. The maximum Gasteiger partial charge on any atom is 0.407 e. The van der Waals surface area contributed by atoms with Crippen LogP contribution in [-0.4, -0.2) is 41.6 Å². The Morgan fingerprint density at radius 2 is 1.84 bits per heavy atom. The molecule has 0 radical (unpaired) electrons. The summed E-state index contributed by atoms with van der Waals surface area (Å²) in [6, 6.07) is 2.13. The molecule has 138 valence electrons. The molecule has 1 aliphatic rings. The molecule has 8 heteroatoms. The number of alkyl carbamates (subject to hydrolysis) is 1. The molecule has 0 aliphatic carbocycles. The Bertz CT molecular complexity index is 669. The second-order valence-corrected chi connectivity index (χ2v) is 7.79. The van der Waals surface area contributed by atoms with Crippen molar-refractivity contribution in [3.63, 3.8) is 0 Å². The number of nitrogens with one attached hydrogen (secondary N) is 1. The Kier molecular flexibility index (Phi) is 6.03. The molecule has 1 aliphatic heterocycles. The van der Waals surface area contributed by atoms with Crippen LogP contribution in [0, 0.1) is 11.6 Å². The van der Waals surface area contributed by atoms with Crippen molar-refractivity contribution in [2.24, 2.45) is 0 Å². The Labute approximate surface area is 153 Å². The molecule has 25 heavy (non-hydrogen) atoms. The summed E-state index contributed by atoms with van der Waals surface area (Å²) < 4.78 is 33.2. The number of piperidine rings is 1. The van der Waals surface area contributed by atoms with E-state index in [1.807, 2.05) is 0 Å². The molecule has 2 amide bonds. The van der Waals surface area contributed by atoms with Gasteiger partial charge in [0.05, 0.1) is 4.47 Å². The molecule has 1 aromatic rings. The van der Waals surface area contributed by atoms with E-state index in [0.29, 0.717) is 25.9 Å². The van der Waals surface area contributed by atoms with E-state index in [2.05, 4.69) is 21.2 Å². The van der Waals surface area contributed by atoms with Gasteiger partial charge in [-0.2, -0.15) is 0 Å². The third-order valence-corrected chi connectivity index (χ3v) is 4.37. The van der Waals surface area contributed by atoms with Crippen LogP contribution in [0.1, 0.15) is 44.0 Å². The van der Waals surface area contributed by atoms with Crippen LogP contribution >= 0.6 is 15.9 Å². The standard InChI is InChI=1S/C17H21BrF2N2O3/c1-17(2,3)25-16(24)21-10-6-8-22(9-7-10)15(23)13-12(19)5-4-11(18)14(13)20/h4-5,10H,6-9H2,1-3H3,(H,21,24). The van der Waals surface area contributed by atoms with Gasteiger partial charge in [0.2, 0.25) is 0 Å². The minimum absolute atomic E-state index is 0.0405. The van der Waals surface area contributed by atoms with Gasteiger partial charge < -0.3 is 15.0 Å². The number of likely N-dealkylation sites (tertiary alicyclic amines) is 1. The van der Waals surface area contributed by atoms with Gasteiger partial charge in [0.1, 0.15) is 17.0 Å². The Morgan fingerprint density at radius 3 is 2.40 bits per heavy atom. The number of carbonyl (C=O) groups is 2. The molecule has 0 aromatic heterocycles. The van der Waals surface area contributed by atoms with Crippen LogP contribution in [0.5, 0.6) is 0 Å². The molecule has 0 spiro atoms. The van der Waals surface area contributed by atoms with Gasteiger partial charge in [0, 0.05) is 19.1 Å². The van der Waals surface area contributed by atoms with Gasteiger partial charge in [-0.25, -0.2) is 13.6 Å². The van der Waals surface area contributed by atoms with Gasteiger partial charge in [0.25, 0.3) is 5.91 Å². The quantitative estimate of drug-likeness (QED) is 0.741. The van der Waals surface area contributed by atoms with Crippen LogP contribution in [0.3, 0.4) is 0 Å². The SMILES string of the molecule is CC(C)(C)OC(=O)NC1CCN(C(=O)c2c(F)ccc(Br)c2F)CC1. The third kappa shape index (κ3) is 5.14. The highest BCUT2D eigenvalue weighted by Crippen LogP contribution is 2.24. The number of carbonyl (C=O) groups excluding carboxylic acids is 2. The molecule has 0 atom stereocenters. The van der Waals surface area contributed by atoms with Crippen molar-refractivity contribution < 1.29 is 23.1 Å². The van der Waals surface area contributed by atoms with E-state index >= 15 is 0 Å². The van der Waals surface area contributed by atoms with Crippen LogP contribution in [0.25, 0.3) is 0 Å². The summed E-state index contributed by atoms with van der Waals surface area (Å²) >= 11 is 2.96. The molecular formula is C17H21BrF2N2O3. The maximum atomic E-state index is 14.1. The van der Waals surface area contributed by atoms with Crippen molar-refractivity contribution in [1.29, 1.82) is 0 Å². The van der Waals surface area contributed by atoms with Gasteiger partial charge in [-0.3, -0.25) is 4.79 Å². The third-order valence-electron chi connectivity index (χ3n) is 3.76. The zero-order valence-corrected chi connectivity index (χ0v) is 16.0. The van der Waals surface area contributed by atoms with E-state index in [-0.39, 0.29) is 10.5 Å². The number of ether oxygens (including phenoxy) is 1. The first-order chi connectivity index (χ1) is 11.6. The van der Waals surface area contributed by atoms with Gasteiger partial charge in [-0.1, -0.05) is 0 Å². The average molecular weight is 419 g/mol. The zero-order chi connectivity index (χ0) is 18.8. The van der Waals surface area contributed by atoms with Crippen molar-refractivity contribution in [3.8, 4) is 0 Å². The van der Waals surface area contributed by atoms with E-state index in [4.69, 9.17) is 4.74 Å². The first-order valence-corrected chi connectivity index (χ1v) is 8.80. The number of halogens is 3. The lowest BCUT2D eigenvalue weighted by molar-refractivity contribution is 0.0473. The van der Waals surface area contributed by atoms with Crippen molar-refractivity contribution in [2.45, 2.75) is 45.3 Å².